The lowest BCUT2D eigenvalue weighted by atomic mass is 9.71. The number of benzene rings is 1. The van der Waals surface area contributed by atoms with Crippen LogP contribution in [-0.2, 0) is 4.79 Å². The normalized spacial score (nSPS) is 25.0. The molecule has 114 valence electrons. The molecule has 1 heterocycles. The second-order valence-corrected chi connectivity index (χ2v) is 7.48. The maximum atomic E-state index is 12.6. The molecule has 0 N–H and O–H groups in total. The van der Waals surface area contributed by atoms with Crippen molar-refractivity contribution < 1.29 is 9.53 Å². The maximum absolute atomic E-state index is 12.6. The molecule has 0 radical (unpaired) electrons. The molecule has 0 saturated heterocycles. The summed E-state index contributed by atoms with van der Waals surface area (Å²) in [5, 5.41) is 0. The van der Waals surface area contributed by atoms with E-state index in [0.717, 1.165) is 31.6 Å². The van der Waals surface area contributed by atoms with Crippen molar-refractivity contribution in [2.24, 2.45) is 11.3 Å². The Morgan fingerprint density at radius 1 is 1.19 bits per heavy atom. The molecule has 1 saturated carbocycles. The van der Waals surface area contributed by atoms with E-state index in [2.05, 4.69) is 19.9 Å². The van der Waals surface area contributed by atoms with Gasteiger partial charge in [-0.15, -0.1) is 0 Å². The number of carbonyl (C=O) groups is 1. The molecule has 3 rings (SSSR count). The molecule has 1 atom stereocenters. The second kappa shape index (κ2) is 5.82. The van der Waals surface area contributed by atoms with E-state index in [0.29, 0.717) is 29.5 Å². The lowest BCUT2D eigenvalue weighted by molar-refractivity contribution is -0.125. The summed E-state index contributed by atoms with van der Waals surface area (Å²) >= 11 is 0. The van der Waals surface area contributed by atoms with Crippen LogP contribution in [-0.4, -0.2) is 12.4 Å². The van der Waals surface area contributed by atoms with Gasteiger partial charge in [0.25, 0.3) is 0 Å². The third-order valence-electron chi connectivity index (χ3n) is 5.32. The summed E-state index contributed by atoms with van der Waals surface area (Å²) in [6.07, 6.45) is 6.21. The van der Waals surface area contributed by atoms with Crippen molar-refractivity contribution in [3.05, 3.63) is 29.8 Å². The highest BCUT2D eigenvalue weighted by Crippen LogP contribution is 2.41. The van der Waals surface area contributed by atoms with Gasteiger partial charge in [-0.05, 0) is 55.1 Å². The second-order valence-electron chi connectivity index (χ2n) is 7.48. The first kappa shape index (κ1) is 14.6. The third kappa shape index (κ3) is 3.30. The summed E-state index contributed by atoms with van der Waals surface area (Å²) in [5.74, 6) is 2.11. The highest BCUT2D eigenvalue weighted by atomic mass is 16.5. The van der Waals surface area contributed by atoms with Crippen molar-refractivity contribution in [2.75, 3.05) is 6.61 Å². The monoisotopic (exact) mass is 286 g/mol. The lowest BCUT2D eigenvalue weighted by Gasteiger charge is -2.34. The van der Waals surface area contributed by atoms with Crippen molar-refractivity contribution in [1.29, 1.82) is 0 Å². The third-order valence-corrected chi connectivity index (χ3v) is 5.32. The van der Waals surface area contributed by atoms with Gasteiger partial charge in [0, 0.05) is 12.3 Å². The first-order valence-electron chi connectivity index (χ1n) is 8.30. The van der Waals surface area contributed by atoms with Gasteiger partial charge in [0.1, 0.15) is 11.5 Å². The zero-order valence-corrected chi connectivity index (χ0v) is 13.2. The van der Waals surface area contributed by atoms with Crippen molar-refractivity contribution in [2.45, 2.75) is 58.3 Å². The number of ketones is 1. The average molecular weight is 286 g/mol. The van der Waals surface area contributed by atoms with E-state index in [-0.39, 0.29) is 0 Å². The van der Waals surface area contributed by atoms with Gasteiger partial charge in [-0.1, -0.05) is 32.0 Å². The van der Waals surface area contributed by atoms with Gasteiger partial charge in [0.05, 0.1) is 6.61 Å². The summed E-state index contributed by atoms with van der Waals surface area (Å²) in [5.41, 5.74) is 1.66. The van der Waals surface area contributed by atoms with Crippen LogP contribution < -0.4 is 4.74 Å². The van der Waals surface area contributed by atoms with Crippen LogP contribution in [0.3, 0.4) is 0 Å². The van der Waals surface area contributed by atoms with Crippen LogP contribution in [0.2, 0.25) is 0 Å². The molecule has 2 heteroatoms. The molecule has 1 fully saturated rings. The van der Waals surface area contributed by atoms with E-state index in [1.165, 1.54) is 18.4 Å². The van der Waals surface area contributed by atoms with Gasteiger partial charge in [-0.2, -0.15) is 0 Å². The molecule has 0 aromatic heterocycles. The van der Waals surface area contributed by atoms with Crippen LogP contribution in [0.25, 0.3) is 0 Å². The molecule has 0 amide bonds. The Balaban J connectivity index is 1.64. The number of fused-ring (bicyclic) bond motifs is 1. The quantitative estimate of drug-likeness (QED) is 0.803. The Hall–Kier alpha value is -1.31. The number of hydrogen-bond acceptors (Lipinski definition) is 2. The zero-order valence-electron chi connectivity index (χ0n) is 13.2. The predicted octanol–water partition coefficient (Wildman–Crippen LogP) is 4.73. The van der Waals surface area contributed by atoms with Crippen molar-refractivity contribution in [3.63, 3.8) is 0 Å². The molecule has 21 heavy (non-hydrogen) atoms. The number of para-hydroxylation sites is 1. The standard InChI is InChI=1S/C19H26O2/c1-19(2)10-7-14(8-11-19)17(20)13-15-9-12-21-18-6-4-3-5-16(15)18/h3-6,14-15H,7-13H2,1-2H3. The molecule has 0 bridgehead atoms. The highest BCUT2D eigenvalue weighted by molar-refractivity contribution is 5.82. The fraction of sp³-hybridized carbons (Fsp3) is 0.632. The number of hydrogen-bond donors (Lipinski definition) is 0. The molecule has 0 spiro atoms. The molecule has 2 nitrogen and oxygen atoms in total. The van der Waals surface area contributed by atoms with Crippen LogP contribution in [0.4, 0.5) is 0 Å². The summed E-state index contributed by atoms with van der Waals surface area (Å²) in [6, 6.07) is 8.20. The molecule has 1 aliphatic carbocycles. The number of Topliss-reactive ketones (excluding diaryl/α,β-unsaturated/α-hetero) is 1. The fourth-order valence-corrected chi connectivity index (χ4v) is 3.76. The average Bonchev–Trinajstić information content (AvgIpc) is 2.47. The van der Waals surface area contributed by atoms with Gasteiger partial charge >= 0.3 is 0 Å². The zero-order chi connectivity index (χ0) is 14.9. The minimum Gasteiger partial charge on any atom is -0.493 e. The maximum Gasteiger partial charge on any atom is 0.136 e. The van der Waals surface area contributed by atoms with E-state index >= 15 is 0 Å². The van der Waals surface area contributed by atoms with Crippen molar-refractivity contribution >= 4 is 5.78 Å². The van der Waals surface area contributed by atoms with E-state index in [9.17, 15) is 4.79 Å². The summed E-state index contributed by atoms with van der Waals surface area (Å²) in [4.78, 5) is 12.6. The van der Waals surface area contributed by atoms with Crippen LogP contribution >= 0.6 is 0 Å². The SMILES string of the molecule is CC1(C)CCC(C(=O)CC2CCOc3ccccc32)CC1. The largest absolute Gasteiger partial charge is 0.493 e. The molecule has 1 aliphatic heterocycles. The molecule has 2 aliphatic rings. The Kier molecular flexibility index (Phi) is 4.05. The van der Waals surface area contributed by atoms with Gasteiger partial charge in [-0.3, -0.25) is 4.79 Å². The Morgan fingerprint density at radius 2 is 1.90 bits per heavy atom. The minimum absolute atomic E-state index is 0.299. The van der Waals surface area contributed by atoms with Crippen molar-refractivity contribution in [3.8, 4) is 5.75 Å². The summed E-state index contributed by atoms with van der Waals surface area (Å²) in [7, 11) is 0. The van der Waals surface area contributed by atoms with Gasteiger partial charge in [-0.25, -0.2) is 0 Å². The van der Waals surface area contributed by atoms with Crippen LogP contribution in [0.5, 0.6) is 5.75 Å². The predicted molar refractivity (Wildman–Crippen MR) is 84.7 cm³/mol. The van der Waals surface area contributed by atoms with E-state index in [1.807, 2.05) is 18.2 Å². The highest BCUT2D eigenvalue weighted by Gasteiger charge is 2.32. The van der Waals surface area contributed by atoms with Gasteiger partial charge in [0.2, 0.25) is 0 Å². The Morgan fingerprint density at radius 3 is 2.67 bits per heavy atom. The Bertz CT molecular complexity index is 508. The number of carbonyl (C=O) groups excluding carboxylic acids is 1. The van der Waals surface area contributed by atoms with E-state index in [1.54, 1.807) is 0 Å². The minimum atomic E-state index is 0.299. The first-order chi connectivity index (χ1) is 10.1. The smallest absolute Gasteiger partial charge is 0.136 e. The molecular formula is C19H26O2. The molecule has 1 aromatic rings. The van der Waals surface area contributed by atoms with Gasteiger partial charge in [0.15, 0.2) is 0 Å². The lowest BCUT2D eigenvalue weighted by Crippen LogP contribution is -2.28. The first-order valence-corrected chi connectivity index (χ1v) is 8.30. The van der Waals surface area contributed by atoms with E-state index in [4.69, 9.17) is 4.74 Å². The fourth-order valence-electron chi connectivity index (χ4n) is 3.76. The molecule has 1 aromatic carbocycles. The molecular weight excluding hydrogens is 260 g/mol. The summed E-state index contributed by atoms with van der Waals surface area (Å²) < 4.78 is 5.70. The van der Waals surface area contributed by atoms with Crippen LogP contribution in [0.1, 0.15) is 63.9 Å². The topological polar surface area (TPSA) is 26.3 Å². The summed E-state index contributed by atoms with van der Waals surface area (Å²) in [6.45, 7) is 5.39. The molecule has 1 unspecified atom stereocenters. The Labute approximate surface area is 127 Å². The van der Waals surface area contributed by atoms with Gasteiger partial charge < -0.3 is 4.74 Å². The van der Waals surface area contributed by atoms with Crippen molar-refractivity contribution in [1.82, 2.24) is 0 Å². The van der Waals surface area contributed by atoms with Crippen LogP contribution in [0, 0.1) is 11.3 Å². The number of rotatable bonds is 3. The van der Waals surface area contributed by atoms with Crippen LogP contribution in [0.15, 0.2) is 24.3 Å². The van der Waals surface area contributed by atoms with E-state index < -0.39 is 0 Å². The number of ether oxygens (including phenoxy) is 1.